The number of aliphatic hydroxyl groups is 1. The zero-order valence-electron chi connectivity index (χ0n) is 11.2. The van der Waals surface area contributed by atoms with E-state index >= 15 is 0 Å². The van der Waals surface area contributed by atoms with Gasteiger partial charge in [-0.05, 0) is 54.9 Å². The number of aliphatic hydroxyl groups excluding tert-OH is 1. The van der Waals surface area contributed by atoms with Gasteiger partial charge in [0.15, 0.2) is 0 Å². The first kappa shape index (κ1) is 14.5. The lowest BCUT2D eigenvalue weighted by Gasteiger charge is -2.12. The molecule has 0 saturated carbocycles. The van der Waals surface area contributed by atoms with Crippen LogP contribution in [-0.2, 0) is 22.9 Å². The lowest BCUT2D eigenvalue weighted by molar-refractivity contribution is 0.263. The molecule has 106 valence electrons. The minimum absolute atomic E-state index is 0.0851. The molecule has 2 rings (SSSR count). The Morgan fingerprint density at radius 2 is 2.05 bits per heavy atom. The maximum atomic E-state index is 12.2. The summed E-state index contributed by atoms with van der Waals surface area (Å²) in [6, 6.07) is 5.40. The van der Waals surface area contributed by atoms with E-state index in [1.165, 1.54) is 5.56 Å². The van der Waals surface area contributed by atoms with Crippen LogP contribution in [-0.4, -0.2) is 26.7 Å². The summed E-state index contributed by atoms with van der Waals surface area (Å²) >= 11 is 0. The largest absolute Gasteiger partial charge is 0.396 e. The quantitative estimate of drug-likeness (QED) is 0.831. The van der Waals surface area contributed by atoms with Gasteiger partial charge in [0, 0.05) is 13.2 Å². The van der Waals surface area contributed by atoms with Crippen molar-refractivity contribution in [2.75, 3.05) is 13.2 Å². The van der Waals surface area contributed by atoms with Crippen LogP contribution in [0.2, 0.25) is 0 Å². The molecule has 0 amide bonds. The van der Waals surface area contributed by atoms with E-state index in [1.54, 1.807) is 12.1 Å². The topological polar surface area (TPSA) is 66.4 Å². The summed E-state index contributed by atoms with van der Waals surface area (Å²) in [5.41, 5.74) is 2.43. The van der Waals surface area contributed by atoms with E-state index in [9.17, 15) is 8.42 Å². The summed E-state index contributed by atoms with van der Waals surface area (Å²) in [6.45, 7) is 2.36. The van der Waals surface area contributed by atoms with Gasteiger partial charge in [-0.2, -0.15) is 0 Å². The van der Waals surface area contributed by atoms with E-state index in [0.29, 0.717) is 17.9 Å². The van der Waals surface area contributed by atoms with Crippen LogP contribution in [0.4, 0.5) is 0 Å². The second-order valence-electron chi connectivity index (χ2n) is 5.25. The third-order valence-electron chi connectivity index (χ3n) is 3.62. The summed E-state index contributed by atoms with van der Waals surface area (Å²) in [4.78, 5) is 0.351. The van der Waals surface area contributed by atoms with E-state index < -0.39 is 10.0 Å². The summed E-state index contributed by atoms with van der Waals surface area (Å²) in [5, 5.41) is 8.81. The molecule has 1 aromatic carbocycles. The van der Waals surface area contributed by atoms with Crippen LogP contribution < -0.4 is 4.72 Å². The van der Waals surface area contributed by atoms with Crippen LogP contribution in [0.15, 0.2) is 23.1 Å². The highest BCUT2D eigenvalue weighted by Crippen LogP contribution is 2.24. The van der Waals surface area contributed by atoms with Crippen molar-refractivity contribution in [1.82, 2.24) is 4.72 Å². The normalized spacial score (nSPS) is 16.3. The van der Waals surface area contributed by atoms with Crippen LogP contribution in [0.3, 0.4) is 0 Å². The average Bonchev–Trinajstić information content (AvgIpc) is 2.84. The van der Waals surface area contributed by atoms with E-state index in [0.717, 1.165) is 24.8 Å². The standard InChI is InChI=1S/C14H21NO3S/c1-11(7-8-16)10-15-19(17,18)14-6-5-12-3-2-4-13(12)9-14/h5-6,9,11,15-16H,2-4,7-8,10H2,1H3. The number of sulfonamides is 1. The number of hydrogen-bond acceptors (Lipinski definition) is 3. The predicted molar refractivity (Wildman–Crippen MR) is 74.5 cm³/mol. The molecule has 5 heteroatoms. The van der Waals surface area contributed by atoms with Crippen molar-refractivity contribution in [2.45, 2.75) is 37.5 Å². The van der Waals surface area contributed by atoms with Crippen LogP contribution >= 0.6 is 0 Å². The van der Waals surface area contributed by atoms with Gasteiger partial charge in [0.2, 0.25) is 10.0 Å². The van der Waals surface area contributed by atoms with Gasteiger partial charge < -0.3 is 5.11 Å². The number of hydrogen-bond donors (Lipinski definition) is 2. The van der Waals surface area contributed by atoms with Crippen LogP contribution in [0.25, 0.3) is 0 Å². The van der Waals surface area contributed by atoms with Gasteiger partial charge in [0.25, 0.3) is 0 Å². The fraction of sp³-hybridized carbons (Fsp3) is 0.571. The van der Waals surface area contributed by atoms with Crippen molar-refractivity contribution < 1.29 is 13.5 Å². The number of aryl methyl sites for hydroxylation is 2. The second kappa shape index (κ2) is 6.03. The van der Waals surface area contributed by atoms with Gasteiger partial charge in [0.1, 0.15) is 0 Å². The smallest absolute Gasteiger partial charge is 0.240 e. The molecule has 0 aromatic heterocycles. The summed E-state index contributed by atoms with van der Waals surface area (Å²) in [5.74, 6) is 0.134. The van der Waals surface area contributed by atoms with Gasteiger partial charge in [-0.1, -0.05) is 13.0 Å². The number of fused-ring (bicyclic) bond motifs is 1. The highest BCUT2D eigenvalue weighted by atomic mass is 32.2. The molecule has 0 saturated heterocycles. The fourth-order valence-corrected chi connectivity index (χ4v) is 3.59. The van der Waals surface area contributed by atoms with Crippen molar-refractivity contribution in [3.8, 4) is 0 Å². The molecule has 1 aliphatic rings. The van der Waals surface area contributed by atoms with Crippen molar-refractivity contribution in [3.05, 3.63) is 29.3 Å². The highest BCUT2D eigenvalue weighted by Gasteiger charge is 2.18. The molecule has 1 aliphatic carbocycles. The third-order valence-corrected chi connectivity index (χ3v) is 5.05. The SMILES string of the molecule is CC(CCO)CNS(=O)(=O)c1ccc2c(c1)CCC2. The Labute approximate surface area is 114 Å². The molecular formula is C14H21NO3S. The average molecular weight is 283 g/mol. The van der Waals surface area contributed by atoms with Gasteiger partial charge >= 0.3 is 0 Å². The van der Waals surface area contributed by atoms with Crippen molar-refractivity contribution in [3.63, 3.8) is 0 Å². The van der Waals surface area contributed by atoms with Gasteiger partial charge in [-0.15, -0.1) is 0 Å². The van der Waals surface area contributed by atoms with Crippen LogP contribution in [0.1, 0.15) is 30.9 Å². The molecule has 0 aliphatic heterocycles. The molecule has 0 heterocycles. The molecule has 0 spiro atoms. The molecule has 19 heavy (non-hydrogen) atoms. The van der Waals surface area contributed by atoms with Crippen LogP contribution in [0.5, 0.6) is 0 Å². The van der Waals surface area contributed by atoms with Gasteiger partial charge in [0.05, 0.1) is 4.90 Å². The molecule has 0 radical (unpaired) electrons. The molecule has 2 N–H and O–H groups in total. The first-order chi connectivity index (χ1) is 9.03. The molecule has 0 fully saturated rings. The highest BCUT2D eigenvalue weighted by molar-refractivity contribution is 7.89. The number of rotatable bonds is 6. The van der Waals surface area contributed by atoms with E-state index in [2.05, 4.69) is 4.72 Å². The summed E-state index contributed by atoms with van der Waals surface area (Å²) < 4.78 is 26.9. The lowest BCUT2D eigenvalue weighted by atomic mass is 10.1. The Morgan fingerprint density at radius 3 is 2.79 bits per heavy atom. The summed E-state index contributed by atoms with van der Waals surface area (Å²) in [6.07, 6.45) is 3.74. The van der Waals surface area contributed by atoms with Crippen molar-refractivity contribution >= 4 is 10.0 Å². The zero-order chi connectivity index (χ0) is 13.9. The fourth-order valence-electron chi connectivity index (χ4n) is 2.37. The molecule has 1 aromatic rings. The van der Waals surface area contributed by atoms with E-state index in [-0.39, 0.29) is 12.5 Å². The minimum atomic E-state index is -3.43. The Morgan fingerprint density at radius 1 is 1.32 bits per heavy atom. The molecule has 4 nitrogen and oxygen atoms in total. The van der Waals surface area contributed by atoms with E-state index in [1.807, 2.05) is 13.0 Å². The second-order valence-corrected chi connectivity index (χ2v) is 7.02. The number of nitrogens with one attached hydrogen (secondary N) is 1. The maximum Gasteiger partial charge on any atom is 0.240 e. The molecule has 0 bridgehead atoms. The van der Waals surface area contributed by atoms with Gasteiger partial charge in [-0.3, -0.25) is 0 Å². The Bertz CT molecular complexity index is 540. The van der Waals surface area contributed by atoms with Gasteiger partial charge in [-0.25, -0.2) is 13.1 Å². The summed E-state index contributed by atoms with van der Waals surface area (Å²) in [7, 11) is -3.43. The molecule has 1 atom stereocenters. The van der Waals surface area contributed by atoms with Crippen molar-refractivity contribution in [2.24, 2.45) is 5.92 Å². The zero-order valence-corrected chi connectivity index (χ0v) is 12.0. The third kappa shape index (κ3) is 3.55. The number of benzene rings is 1. The minimum Gasteiger partial charge on any atom is -0.396 e. The maximum absolute atomic E-state index is 12.2. The predicted octanol–water partition coefficient (Wildman–Crippen LogP) is 1.47. The first-order valence-corrected chi connectivity index (χ1v) is 8.23. The van der Waals surface area contributed by atoms with E-state index in [4.69, 9.17) is 5.11 Å². The monoisotopic (exact) mass is 283 g/mol. The Balaban J connectivity index is 2.07. The Hall–Kier alpha value is -0.910. The lowest BCUT2D eigenvalue weighted by Crippen LogP contribution is -2.28. The molecule has 1 unspecified atom stereocenters. The molecular weight excluding hydrogens is 262 g/mol. The Kier molecular flexibility index (Phi) is 4.60. The van der Waals surface area contributed by atoms with Crippen LogP contribution in [0, 0.1) is 5.92 Å². The van der Waals surface area contributed by atoms with Crippen molar-refractivity contribution in [1.29, 1.82) is 0 Å². The first-order valence-electron chi connectivity index (χ1n) is 6.75.